The fraction of sp³-hybridized carbons (Fsp3) is 0. The molecule has 0 atom stereocenters. The number of nitrogens with one attached hydrogen (secondary N) is 2. The molecular weight excluding hydrogens is 520 g/mol. The number of hydrogen-bond acceptors (Lipinski definition) is 2. The maximum absolute atomic E-state index is 14.0. The first-order valence-electron chi connectivity index (χ1n) is 14.0. The van der Waals surface area contributed by atoms with Gasteiger partial charge in [-0.1, -0.05) is 60.7 Å². The van der Waals surface area contributed by atoms with E-state index in [1.807, 2.05) is 60.7 Å². The van der Waals surface area contributed by atoms with Crippen LogP contribution in [0.25, 0.3) is 98.0 Å². The van der Waals surface area contributed by atoms with Crippen LogP contribution in [0.3, 0.4) is 0 Å². The van der Waals surface area contributed by atoms with E-state index in [4.69, 9.17) is 0 Å². The van der Waals surface area contributed by atoms with Crippen LogP contribution in [0.2, 0.25) is 0 Å². The highest BCUT2D eigenvalue weighted by Crippen LogP contribution is 2.45. The normalized spacial score (nSPS) is 13.0. The Kier molecular flexibility index (Phi) is 3.34. The van der Waals surface area contributed by atoms with Crippen LogP contribution in [0.5, 0.6) is 0 Å². The van der Waals surface area contributed by atoms with Gasteiger partial charge in [-0.05, 0) is 68.7 Å². The van der Waals surface area contributed by atoms with Crippen LogP contribution in [0, 0.1) is 0 Å². The van der Waals surface area contributed by atoms with E-state index in [0.29, 0.717) is 10.8 Å². The maximum atomic E-state index is 14.0. The van der Waals surface area contributed by atoms with Gasteiger partial charge in [0, 0.05) is 32.3 Å². The molecule has 0 saturated heterocycles. The number of aromatic nitrogens is 4. The average molecular weight is 539 g/mol. The Bertz CT molecular complexity index is 2890. The van der Waals surface area contributed by atoms with Crippen LogP contribution in [0.4, 0.5) is 0 Å². The molecular formula is C36H18N4O2. The van der Waals surface area contributed by atoms with Crippen molar-refractivity contribution in [2.45, 2.75) is 0 Å². The van der Waals surface area contributed by atoms with Crippen molar-refractivity contribution in [1.29, 1.82) is 0 Å². The van der Waals surface area contributed by atoms with Crippen molar-refractivity contribution in [2.24, 2.45) is 0 Å². The molecule has 0 saturated carbocycles. The first kappa shape index (κ1) is 20.9. The maximum Gasteiger partial charge on any atom is 0.264 e. The van der Waals surface area contributed by atoms with E-state index in [1.165, 1.54) is 0 Å². The standard InChI is InChI=1S/C36H18N4O2/c41-35-23-15-11-19-20-12-16-24-32-22(34-38-26-6-2-4-8-28(26)40(34)36(24)42)14-10-18(30(20)32)17-9-13-21(31(23)29(17)19)33-37-25-5-1-3-7-27(25)39(33)35/h1-16,37-38H. The molecule has 0 aliphatic heterocycles. The second-order valence-corrected chi connectivity index (χ2v) is 11.4. The van der Waals surface area contributed by atoms with Crippen LogP contribution in [0.15, 0.2) is 107 Å². The van der Waals surface area contributed by atoms with Crippen LogP contribution in [-0.2, 0) is 0 Å². The van der Waals surface area contributed by atoms with Crippen LogP contribution in [-0.4, -0.2) is 18.8 Å². The highest BCUT2D eigenvalue weighted by molar-refractivity contribution is 6.40. The minimum atomic E-state index is -0.0244. The molecule has 11 aromatic rings. The van der Waals surface area contributed by atoms with Crippen molar-refractivity contribution in [1.82, 2.24) is 18.8 Å². The molecule has 42 heavy (non-hydrogen) atoms. The summed E-state index contributed by atoms with van der Waals surface area (Å²) in [6.45, 7) is 0. The number of benzene rings is 7. The summed E-state index contributed by atoms with van der Waals surface area (Å²) in [5.41, 5.74) is 5.18. The highest BCUT2D eigenvalue weighted by Gasteiger charge is 2.23. The van der Waals surface area contributed by atoms with Crippen molar-refractivity contribution < 1.29 is 0 Å². The summed E-state index contributed by atoms with van der Waals surface area (Å²) in [5, 5.41) is 11.9. The summed E-state index contributed by atoms with van der Waals surface area (Å²) in [6, 6.07) is 32.6. The molecule has 4 aromatic heterocycles. The molecule has 0 aliphatic rings. The monoisotopic (exact) mass is 538 g/mol. The number of para-hydroxylation sites is 4. The number of H-pyrrole nitrogens is 2. The molecule has 11 rings (SSSR count). The van der Waals surface area contributed by atoms with E-state index < -0.39 is 0 Å². The molecule has 4 heterocycles. The van der Waals surface area contributed by atoms with E-state index in [1.54, 1.807) is 8.80 Å². The minimum absolute atomic E-state index is 0.0244. The molecule has 0 aliphatic carbocycles. The predicted octanol–water partition coefficient (Wildman–Crippen LogP) is 7.67. The van der Waals surface area contributed by atoms with E-state index in [-0.39, 0.29) is 11.1 Å². The number of aromatic amines is 2. The molecule has 7 aromatic carbocycles. The smallest absolute Gasteiger partial charge is 0.264 e. The van der Waals surface area contributed by atoms with Crippen LogP contribution >= 0.6 is 0 Å². The zero-order valence-corrected chi connectivity index (χ0v) is 21.9. The lowest BCUT2D eigenvalue weighted by molar-refractivity contribution is 1.19. The first-order valence-corrected chi connectivity index (χ1v) is 14.0. The molecule has 2 N–H and O–H groups in total. The number of hydrogen-bond donors (Lipinski definition) is 2. The Labute approximate surface area is 234 Å². The summed E-state index contributed by atoms with van der Waals surface area (Å²) in [5.74, 6) is 0. The lowest BCUT2D eigenvalue weighted by Gasteiger charge is -2.18. The lowest BCUT2D eigenvalue weighted by atomic mass is 9.86. The molecule has 6 nitrogen and oxygen atoms in total. The van der Waals surface area contributed by atoms with Crippen molar-refractivity contribution in [2.75, 3.05) is 0 Å². The first-order chi connectivity index (χ1) is 20.7. The zero-order chi connectivity index (χ0) is 27.4. The van der Waals surface area contributed by atoms with Gasteiger partial charge in [-0.2, -0.15) is 0 Å². The van der Waals surface area contributed by atoms with E-state index in [2.05, 4.69) is 46.4 Å². The van der Waals surface area contributed by atoms with Crippen molar-refractivity contribution in [3.8, 4) is 0 Å². The Morgan fingerprint density at radius 3 is 1.14 bits per heavy atom. The second kappa shape index (κ2) is 6.70. The lowest BCUT2D eigenvalue weighted by Crippen LogP contribution is -2.14. The third-order valence-electron chi connectivity index (χ3n) is 9.52. The average Bonchev–Trinajstić information content (AvgIpc) is 3.61. The molecule has 0 fully saturated rings. The molecule has 0 amide bonds. The predicted molar refractivity (Wildman–Crippen MR) is 172 cm³/mol. The van der Waals surface area contributed by atoms with Gasteiger partial charge in [0.25, 0.3) is 11.1 Å². The Hall–Kier alpha value is -5.88. The number of fused-ring (bicyclic) bond motifs is 10. The number of rotatable bonds is 0. The number of nitrogens with zero attached hydrogens (tertiary/aromatic N) is 2. The third kappa shape index (κ3) is 2.14. The summed E-state index contributed by atoms with van der Waals surface area (Å²) in [4.78, 5) is 35.0. The Morgan fingerprint density at radius 2 is 0.714 bits per heavy atom. The second-order valence-electron chi connectivity index (χ2n) is 11.4. The molecule has 194 valence electrons. The van der Waals surface area contributed by atoms with Crippen LogP contribution < -0.4 is 11.1 Å². The van der Waals surface area contributed by atoms with Crippen molar-refractivity contribution >= 4 is 98.0 Å². The third-order valence-corrected chi connectivity index (χ3v) is 9.52. The Morgan fingerprint density at radius 1 is 0.381 bits per heavy atom. The van der Waals surface area contributed by atoms with Gasteiger partial charge in [0.1, 0.15) is 11.3 Å². The summed E-state index contributed by atoms with van der Waals surface area (Å²) in [7, 11) is 0. The molecule has 0 spiro atoms. The van der Waals surface area contributed by atoms with Gasteiger partial charge in [0.05, 0.1) is 22.1 Å². The summed E-state index contributed by atoms with van der Waals surface area (Å²) < 4.78 is 3.61. The quantitative estimate of drug-likeness (QED) is 0.154. The van der Waals surface area contributed by atoms with Crippen LogP contribution in [0.1, 0.15) is 0 Å². The SMILES string of the molecule is O=c1c2ccc3c4ccc5c(=O)n6c7ccccc7[nH]c6c6ccc(c7ccc(c2c37)c2[nH]c3ccccc3n12)c4c56. The molecule has 0 unspecified atom stereocenters. The van der Waals surface area contributed by atoms with E-state index >= 15 is 0 Å². The topological polar surface area (TPSA) is 74.5 Å². The molecule has 0 radical (unpaired) electrons. The summed E-state index contributed by atoms with van der Waals surface area (Å²) >= 11 is 0. The van der Waals surface area contributed by atoms with Gasteiger partial charge < -0.3 is 9.97 Å². The number of pyridine rings is 2. The van der Waals surface area contributed by atoms with Crippen molar-refractivity contribution in [3.63, 3.8) is 0 Å². The van der Waals surface area contributed by atoms with Gasteiger partial charge in [0.2, 0.25) is 0 Å². The van der Waals surface area contributed by atoms with Gasteiger partial charge >= 0.3 is 0 Å². The zero-order valence-electron chi connectivity index (χ0n) is 21.9. The fourth-order valence-electron chi connectivity index (χ4n) is 7.83. The van der Waals surface area contributed by atoms with Gasteiger partial charge in [0.15, 0.2) is 0 Å². The largest absolute Gasteiger partial charge is 0.339 e. The number of imidazole rings is 2. The van der Waals surface area contributed by atoms with Crippen molar-refractivity contribution in [3.05, 3.63) is 118 Å². The van der Waals surface area contributed by atoms with E-state index in [0.717, 1.165) is 87.2 Å². The Balaban J connectivity index is 1.41. The van der Waals surface area contributed by atoms with Gasteiger partial charge in [-0.25, -0.2) is 0 Å². The molecule has 0 bridgehead atoms. The minimum Gasteiger partial charge on any atom is -0.339 e. The van der Waals surface area contributed by atoms with Gasteiger partial charge in [-0.3, -0.25) is 18.4 Å². The summed E-state index contributed by atoms with van der Waals surface area (Å²) in [6.07, 6.45) is 0. The van der Waals surface area contributed by atoms with Gasteiger partial charge in [-0.15, -0.1) is 0 Å². The highest BCUT2D eigenvalue weighted by atomic mass is 16.1. The van der Waals surface area contributed by atoms with E-state index in [9.17, 15) is 9.59 Å². The fourth-order valence-corrected chi connectivity index (χ4v) is 7.83. The molecule has 6 heteroatoms.